The summed E-state index contributed by atoms with van der Waals surface area (Å²) in [5, 5.41) is 30.1. The number of hydrogen-bond donors (Lipinski definition) is 3. The summed E-state index contributed by atoms with van der Waals surface area (Å²) in [4.78, 5) is 0. The molecular formula is C26H40O4. The van der Waals surface area contributed by atoms with Crippen LogP contribution in [-0.2, 0) is 4.74 Å². The molecule has 0 heterocycles. The van der Waals surface area contributed by atoms with Crippen molar-refractivity contribution in [2.45, 2.75) is 96.6 Å². The Bertz CT molecular complexity index is 739. The van der Waals surface area contributed by atoms with E-state index in [9.17, 15) is 15.3 Å². The Balaban J connectivity index is 1.71. The van der Waals surface area contributed by atoms with Crippen LogP contribution >= 0.6 is 0 Å². The summed E-state index contributed by atoms with van der Waals surface area (Å²) in [7, 11) is 0. The summed E-state index contributed by atoms with van der Waals surface area (Å²) in [5.74, 6) is 0.477. The number of aliphatic hydroxyl groups is 3. The van der Waals surface area contributed by atoms with E-state index in [1.165, 1.54) is 17.6 Å². The van der Waals surface area contributed by atoms with Crippen LogP contribution in [0.25, 0.3) is 0 Å². The average Bonchev–Trinajstić information content (AvgIpc) is 3.00. The molecule has 2 fully saturated rings. The van der Waals surface area contributed by atoms with Crippen molar-refractivity contribution < 1.29 is 20.1 Å². The molecule has 30 heavy (non-hydrogen) atoms. The van der Waals surface area contributed by atoms with Gasteiger partial charge in [-0.2, -0.15) is 0 Å². The normalized spacial score (nSPS) is 36.2. The van der Waals surface area contributed by atoms with E-state index in [2.05, 4.69) is 38.7 Å². The third-order valence-corrected chi connectivity index (χ3v) is 7.40. The molecule has 3 N–H and O–H groups in total. The van der Waals surface area contributed by atoms with Gasteiger partial charge in [-0.15, -0.1) is 0 Å². The van der Waals surface area contributed by atoms with E-state index in [0.717, 1.165) is 30.4 Å². The van der Waals surface area contributed by atoms with Crippen LogP contribution in [0.2, 0.25) is 0 Å². The van der Waals surface area contributed by atoms with Crippen molar-refractivity contribution in [3.8, 4) is 0 Å². The molecule has 3 aliphatic carbocycles. The number of allylic oxidation sites excluding steroid dienone is 4. The van der Waals surface area contributed by atoms with Crippen molar-refractivity contribution in [3.63, 3.8) is 0 Å². The number of fused-ring (bicyclic) bond motifs is 1. The second-order valence-corrected chi connectivity index (χ2v) is 10.4. The fourth-order valence-electron chi connectivity index (χ4n) is 5.52. The molecule has 5 atom stereocenters. The van der Waals surface area contributed by atoms with Crippen molar-refractivity contribution in [2.24, 2.45) is 11.3 Å². The topological polar surface area (TPSA) is 69.9 Å². The van der Waals surface area contributed by atoms with Crippen LogP contribution in [0.15, 0.2) is 47.1 Å². The standard InChI is InChI=1S/C26H40O4/c1-17-20(15-21(27)16-24(17)28)9-8-19-7-6-12-26(5)22(10-11-23(19)26)18(2)30-14-13-25(3,4)29/h8-10,18,21,23-24,27-29H,1,6-7,11-16H2,2-5H3/b19-8+,20-9-/t18-,21+,23-,24-,26+/m0/s1. The van der Waals surface area contributed by atoms with E-state index >= 15 is 0 Å². The summed E-state index contributed by atoms with van der Waals surface area (Å²) in [6, 6.07) is 0. The Hall–Kier alpha value is -1.20. The fraction of sp³-hybridized carbons (Fsp3) is 0.692. The van der Waals surface area contributed by atoms with E-state index < -0.39 is 17.8 Å². The summed E-state index contributed by atoms with van der Waals surface area (Å²) < 4.78 is 6.12. The first kappa shape index (κ1) is 23.5. The lowest BCUT2D eigenvalue weighted by atomic mass is 9.63. The molecule has 0 amide bonds. The predicted octanol–water partition coefficient (Wildman–Crippen LogP) is 4.61. The zero-order valence-corrected chi connectivity index (χ0v) is 19.2. The minimum absolute atomic E-state index is 0.0588. The molecule has 0 radical (unpaired) electrons. The van der Waals surface area contributed by atoms with E-state index in [1.54, 1.807) is 0 Å². The monoisotopic (exact) mass is 416 g/mol. The first-order chi connectivity index (χ1) is 14.0. The van der Waals surface area contributed by atoms with Gasteiger partial charge in [0.2, 0.25) is 0 Å². The van der Waals surface area contributed by atoms with Crippen LogP contribution in [-0.4, -0.2) is 45.8 Å². The summed E-state index contributed by atoms with van der Waals surface area (Å²) >= 11 is 0. The Kier molecular flexibility index (Phi) is 7.13. The molecule has 2 saturated carbocycles. The Morgan fingerprint density at radius 1 is 1.33 bits per heavy atom. The first-order valence-corrected chi connectivity index (χ1v) is 11.5. The lowest BCUT2D eigenvalue weighted by Crippen LogP contribution is -2.35. The van der Waals surface area contributed by atoms with Gasteiger partial charge in [0.1, 0.15) is 0 Å². The molecule has 4 heteroatoms. The van der Waals surface area contributed by atoms with E-state index in [0.29, 0.717) is 31.8 Å². The van der Waals surface area contributed by atoms with Gasteiger partial charge in [-0.1, -0.05) is 37.3 Å². The zero-order valence-electron chi connectivity index (χ0n) is 19.2. The molecule has 0 aromatic carbocycles. The fourth-order valence-corrected chi connectivity index (χ4v) is 5.52. The maximum absolute atomic E-state index is 10.1. The molecule has 3 aliphatic rings. The van der Waals surface area contributed by atoms with Gasteiger partial charge in [-0.05, 0) is 87.3 Å². The first-order valence-electron chi connectivity index (χ1n) is 11.5. The number of ether oxygens (including phenoxy) is 1. The highest BCUT2D eigenvalue weighted by molar-refractivity contribution is 5.40. The summed E-state index contributed by atoms with van der Waals surface area (Å²) in [6.07, 6.45) is 11.6. The van der Waals surface area contributed by atoms with Crippen LogP contribution in [0.5, 0.6) is 0 Å². The second kappa shape index (κ2) is 9.12. The molecule has 0 aromatic rings. The average molecular weight is 417 g/mol. The molecule has 0 unspecified atom stereocenters. The second-order valence-electron chi connectivity index (χ2n) is 10.4. The van der Waals surface area contributed by atoms with Gasteiger partial charge in [0.15, 0.2) is 0 Å². The van der Waals surface area contributed by atoms with E-state index in [4.69, 9.17) is 4.74 Å². The smallest absolute Gasteiger partial charge is 0.0811 e. The number of aliphatic hydroxyl groups excluding tert-OH is 2. The highest BCUT2D eigenvalue weighted by Gasteiger charge is 2.46. The minimum Gasteiger partial charge on any atom is -0.393 e. The van der Waals surface area contributed by atoms with Crippen LogP contribution in [0.4, 0.5) is 0 Å². The number of rotatable bonds is 6. The van der Waals surface area contributed by atoms with Crippen molar-refractivity contribution in [1.29, 1.82) is 0 Å². The minimum atomic E-state index is -0.700. The third kappa shape index (κ3) is 5.16. The third-order valence-electron chi connectivity index (χ3n) is 7.40. The zero-order chi connectivity index (χ0) is 22.1. The SMILES string of the molecule is C=C1/C(=C\C=C2/CCC[C@]3(C)C([C@H](C)OCCC(C)(C)O)=CC[C@@H]23)C[C@@H](O)C[C@@H]1O. The van der Waals surface area contributed by atoms with E-state index in [1.807, 2.05) is 13.8 Å². The van der Waals surface area contributed by atoms with Gasteiger partial charge in [0.05, 0.1) is 30.5 Å². The lowest BCUT2D eigenvalue weighted by molar-refractivity contribution is 0.00738. The molecule has 0 bridgehead atoms. The molecule has 0 aromatic heterocycles. The number of hydrogen-bond acceptors (Lipinski definition) is 4. The van der Waals surface area contributed by atoms with Crippen LogP contribution < -0.4 is 0 Å². The maximum Gasteiger partial charge on any atom is 0.0811 e. The van der Waals surface area contributed by atoms with Crippen molar-refractivity contribution in [3.05, 3.63) is 47.1 Å². The molecule has 0 saturated heterocycles. The van der Waals surface area contributed by atoms with Gasteiger partial charge in [0, 0.05) is 6.42 Å². The molecular weight excluding hydrogens is 376 g/mol. The van der Waals surface area contributed by atoms with Gasteiger partial charge in [-0.25, -0.2) is 0 Å². The molecule has 3 rings (SSSR count). The highest BCUT2D eigenvalue weighted by Crippen LogP contribution is 2.55. The molecule has 0 spiro atoms. The molecule has 168 valence electrons. The van der Waals surface area contributed by atoms with Gasteiger partial charge in [0.25, 0.3) is 0 Å². The highest BCUT2D eigenvalue weighted by atomic mass is 16.5. The maximum atomic E-state index is 10.1. The Morgan fingerprint density at radius 3 is 2.77 bits per heavy atom. The molecule has 0 aliphatic heterocycles. The van der Waals surface area contributed by atoms with Crippen LogP contribution in [0, 0.1) is 11.3 Å². The summed E-state index contributed by atoms with van der Waals surface area (Å²) in [5.41, 5.74) is 3.97. The van der Waals surface area contributed by atoms with Gasteiger partial charge < -0.3 is 20.1 Å². The summed E-state index contributed by atoms with van der Waals surface area (Å²) in [6.45, 7) is 12.7. The Morgan fingerprint density at radius 2 is 2.07 bits per heavy atom. The van der Waals surface area contributed by atoms with Crippen LogP contribution in [0.1, 0.15) is 72.6 Å². The largest absolute Gasteiger partial charge is 0.393 e. The van der Waals surface area contributed by atoms with Crippen molar-refractivity contribution in [2.75, 3.05) is 6.61 Å². The van der Waals surface area contributed by atoms with Gasteiger partial charge >= 0.3 is 0 Å². The lowest BCUT2D eigenvalue weighted by Gasteiger charge is -2.42. The van der Waals surface area contributed by atoms with Crippen LogP contribution in [0.3, 0.4) is 0 Å². The predicted molar refractivity (Wildman–Crippen MR) is 121 cm³/mol. The van der Waals surface area contributed by atoms with Crippen molar-refractivity contribution in [1.82, 2.24) is 0 Å². The van der Waals surface area contributed by atoms with Gasteiger partial charge in [-0.3, -0.25) is 0 Å². The molecule has 4 nitrogen and oxygen atoms in total. The quantitative estimate of drug-likeness (QED) is 0.553. The Labute approximate surface area is 182 Å². The van der Waals surface area contributed by atoms with Crippen molar-refractivity contribution >= 4 is 0 Å². The van der Waals surface area contributed by atoms with E-state index in [-0.39, 0.29) is 11.5 Å².